The zero-order valence-electron chi connectivity index (χ0n) is 21.0. The molecule has 1 amide bonds. The number of halogens is 1. The Bertz CT molecular complexity index is 1530. The molecule has 3 heterocycles. The fourth-order valence-electron chi connectivity index (χ4n) is 4.32. The topological polar surface area (TPSA) is 69.0 Å². The van der Waals surface area contributed by atoms with Gasteiger partial charge in [0.05, 0.1) is 29.5 Å². The Labute approximate surface area is 235 Å². The summed E-state index contributed by atoms with van der Waals surface area (Å²) in [6.07, 6.45) is 3.83. The number of amides is 1. The number of nitrogens with zero attached hydrogens (tertiary/aromatic N) is 4. The Balaban J connectivity index is 1.26. The highest BCUT2D eigenvalue weighted by Gasteiger charge is 2.28. The van der Waals surface area contributed by atoms with Crippen molar-refractivity contribution in [3.63, 3.8) is 0 Å². The molecule has 196 valence electrons. The van der Waals surface area contributed by atoms with Gasteiger partial charge in [-0.25, -0.2) is 4.68 Å². The maximum absolute atomic E-state index is 12.8. The van der Waals surface area contributed by atoms with Crippen molar-refractivity contribution in [2.24, 2.45) is 4.99 Å². The van der Waals surface area contributed by atoms with Crippen LogP contribution in [-0.4, -0.2) is 52.1 Å². The van der Waals surface area contributed by atoms with Gasteiger partial charge in [-0.2, -0.15) is 10.1 Å². The largest absolute Gasteiger partial charge is 0.489 e. The van der Waals surface area contributed by atoms with Gasteiger partial charge in [-0.1, -0.05) is 41.9 Å². The molecule has 2 aliphatic rings. The Morgan fingerprint density at radius 1 is 0.974 bits per heavy atom. The molecular formula is C30H25ClN4O3S. The lowest BCUT2D eigenvalue weighted by molar-refractivity contribution is -0.113. The zero-order chi connectivity index (χ0) is 26.6. The molecule has 9 heteroatoms. The van der Waals surface area contributed by atoms with Crippen LogP contribution >= 0.6 is 23.4 Å². The quantitative estimate of drug-likeness (QED) is 0.268. The Hall–Kier alpha value is -3.85. The van der Waals surface area contributed by atoms with Crippen molar-refractivity contribution < 1.29 is 14.3 Å². The lowest BCUT2D eigenvalue weighted by atomic mass is 10.1. The summed E-state index contributed by atoms with van der Waals surface area (Å²) in [6, 6.07) is 25.3. The number of amidine groups is 1. The number of hydrogen-bond acceptors (Lipinski definition) is 6. The average molecular weight is 557 g/mol. The molecule has 1 fully saturated rings. The number of ether oxygens (including phenoxy) is 2. The summed E-state index contributed by atoms with van der Waals surface area (Å²) < 4.78 is 13.2. The van der Waals surface area contributed by atoms with Crippen molar-refractivity contribution in [2.75, 3.05) is 26.3 Å². The molecule has 3 aromatic carbocycles. The van der Waals surface area contributed by atoms with Gasteiger partial charge in [-0.3, -0.25) is 4.79 Å². The van der Waals surface area contributed by atoms with E-state index >= 15 is 0 Å². The third kappa shape index (κ3) is 5.93. The Morgan fingerprint density at radius 2 is 1.72 bits per heavy atom. The van der Waals surface area contributed by atoms with E-state index < -0.39 is 0 Å². The lowest BCUT2D eigenvalue weighted by Crippen LogP contribution is -2.38. The zero-order valence-corrected chi connectivity index (χ0v) is 22.6. The number of aromatic nitrogens is 2. The summed E-state index contributed by atoms with van der Waals surface area (Å²) in [6.45, 7) is 3.19. The van der Waals surface area contributed by atoms with E-state index in [4.69, 9.17) is 26.2 Å². The second-order valence-corrected chi connectivity index (χ2v) is 10.5. The lowest BCUT2D eigenvalue weighted by Gasteiger charge is -2.27. The molecular weight excluding hydrogens is 532 g/mol. The average Bonchev–Trinajstić information content (AvgIpc) is 3.57. The van der Waals surface area contributed by atoms with Crippen molar-refractivity contribution >= 4 is 40.5 Å². The summed E-state index contributed by atoms with van der Waals surface area (Å²) in [5.41, 5.74) is 4.49. The van der Waals surface area contributed by atoms with E-state index in [0.717, 1.165) is 52.1 Å². The maximum atomic E-state index is 12.8. The number of aliphatic imine (C=N–C) groups is 1. The number of thioether (sulfide) groups is 1. The van der Waals surface area contributed by atoms with Gasteiger partial charge in [0.2, 0.25) is 0 Å². The second kappa shape index (κ2) is 11.5. The van der Waals surface area contributed by atoms with Gasteiger partial charge in [0.15, 0.2) is 5.17 Å². The first-order valence-corrected chi connectivity index (χ1v) is 13.8. The molecule has 1 aromatic heterocycles. The van der Waals surface area contributed by atoms with Crippen LogP contribution in [0.15, 0.2) is 95.0 Å². The molecule has 0 saturated carbocycles. The third-order valence-corrected chi connectivity index (χ3v) is 7.68. The summed E-state index contributed by atoms with van der Waals surface area (Å²) >= 11 is 7.38. The minimum absolute atomic E-state index is 0.231. The van der Waals surface area contributed by atoms with E-state index in [1.165, 1.54) is 11.8 Å². The van der Waals surface area contributed by atoms with Crippen LogP contribution in [0.25, 0.3) is 23.0 Å². The minimum atomic E-state index is -0.231. The monoisotopic (exact) mass is 556 g/mol. The molecule has 6 rings (SSSR count). The second-order valence-electron chi connectivity index (χ2n) is 9.06. The normalized spacial score (nSPS) is 16.5. The van der Waals surface area contributed by atoms with Gasteiger partial charge in [0.1, 0.15) is 12.4 Å². The summed E-state index contributed by atoms with van der Waals surface area (Å²) in [5, 5.41) is 6.32. The van der Waals surface area contributed by atoms with Crippen molar-refractivity contribution in [1.82, 2.24) is 14.7 Å². The highest BCUT2D eigenvalue weighted by molar-refractivity contribution is 8.18. The van der Waals surface area contributed by atoms with Crippen LogP contribution in [0.4, 0.5) is 0 Å². The Kier molecular flexibility index (Phi) is 7.49. The van der Waals surface area contributed by atoms with Gasteiger partial charge in [0, 0.05) is 35.4 Å². The van der Waals surface area contributed by atoms with Gasteiger partial charge in [0.25, 0.3) is 5.91 Å². The highest BCUT2D eigenvalue weighted by Crippen LogP contribution is 2.34. The first kappa shape index (κ1) is 25.4. The maximum Gasteiger partial charge on any atom is 0.286 e. The van der Waals surface area contributed by atoms with E-state index in [0.29, 0.717) is 29.7 Å². The molecule has 0 radical (unpaired) electrons. The predicted octanol–water partition coefficient (Wildman–Crippen LogP) is 6.07. The van der Waals surface area contributed by atoms with Gasteiger partial charge in [-0.15, -0.1) is 0 Å². The molecule has 0 spiro atoms. The molecule has 0 N–H and O–H groups in total. The van der Waals surface area contributed by atoms with Crippen molar-refractivity contribution in [3.8, 4) is 22.7 Å². The van der Waals surface area contributed by atoms with Gasteiger partial charge >= 0.3 is 0 Å². The van der Waals surface area contributed by atoms with Gasteiger partial charge < -0.3 is 14.4 Å². The van der Waals surface area contributed by atoms with E-state index in [1.54, 1.807) is 0 Å². The SMILES string of the molecule is O=C1N=C(N2CCOCC2)S/C1=C\c1cn(-c2ccccc2)nc1-c1ccc(OCc2ccc(Cl)cc2)cc1. The molecule has 0 atom stereocenters. The summed E-state index contributed by atoms with van der Waals surface area (Å²) in [5.74, 6) is 0.520. The number of carbonyl (C=O) groups is 1. The molecule has 0 bridgehead atoms. The molecule has 1 saturated heterocycles. The molecule has 4 aromatic rings. The number of hydrogen-bond donors (Lipinski definition) is 0. The predicted molar refractivity (Wildman–Crippen MR) is 155 cm³/mol. The Morgan fingerprint density at radius 3 is 2.46 bits per heavy atom. The molecule has 2 aliphatic heterocycles. The number of morpholine rings is 1. The summed E-state index contributed by atoms with van der Waals surface area (Å²) in [4.78, 5) is 19.8. The fourth-order valence-corrected chi connectivity index (χ4v) is 5.40. The highest BCUT2D eigenvalue weighted by atomic mass is 35.5. The standard InChI is InChI=1S/C30H25ClN4O3S/c31-24-10-6-21(7-11-24)20-38-26-12-8-22(9-13-26)28-23(19-35(33-28)25-4-2-1-3-5-25)18-27-29(36)32-30(39-27)34-14-16-37-17-15-34/h1-13,18-19H,14-17,20H2/b27-18-. The molecule has 39 heavy (non-hydrogen) atoms. The van der Waals surface area contributed by atoms with Crippen molar-refractivity contribution in [3.05, 3.63) is 106 Å². The fraction of sp³-hybridized carbons (Fsp3) is 0.167. The first-order chi connectivity index (χ1) is 19.1. The first-order valence-electron chi connectivity index (χ1n) is 12.6. The van der Waals surface area contributed by atoms with Crippen LogP contribution < -0.4 is 4.74 Å². The third-order valence-electron chi connectivity index (χ3n) is 6.39. The number of para-hydroxylation sites is 1. The number of benzene rings is 3. The van der Waals surface area contributed by atoms with Crippen molar-refractivity contribution in [1.29, 1.82) is 0 Å². The van der Waals surface area contributed by atoms with E-state index in [-0.39, 0.29) is 5.91 Å². The molecule has 7 nitrogen and oxygen atoms in total. The van der Waals surface area contributed by atoms with Crippen LogP contribution in [0.1, 0.15) is 11.1 Å². The van der Waals surface area contributed by atoms with E-state index in [9.17, 15) is 4.79 Å². The van der Waals surface area contributed by atoms with E-state index in [1.807, 2.05) is 95.8 Å². The molecule has 0 aliphatic carbocycles. The van der Waals surface area contributed by atoms with Crippen molar-refractivity contribution in [2.45, 2.75) is 6.61 Å². The summed E-state index contributed by atoms with van der Waals surface area (Å²) in [7, 11) is 0. The van der Waals surface area contributed by atoms with E-state index in [2.05, 4.69) is 9.89 Å². The number of rotatable bonds is 6. The van der Waals surface area contributed by atoms with Crippen LogP contribution in [0.3, 0.4) is 0 Å². The van der Waals surface area contributed by atoms with Crippen LogP contribution in [-0.2, 0) is 16.1 Å². The minimum Gasteiger partial charge on any atom is -0.489 e. The van der Waals surface area contributed by atoms with Gasteiger partial charge in [-0.05, 0) is 71.9 Å². The van der Waals surface area contributed by atoms with Crippen LogP contribution in [0.5, 0.6) is 5.75 Å². The molecule has 0 unspecified atom stereocenters. The van der Waals surface area contributed by atoms with Crippen LogP contribution in [0, 0.1) is 0 Å². The number of carbonyl (C=O) groups excluding carboxylic acids is 1. The smallest absolute Gasteiger partial charge is 0.286 e. The van der Waals surface area contributed by atoms with Crippen LogP contribution in [0.2, 0.25) is 5.02 Å².